The molecule has 30 heavy (non-hydrogen) atoms. The minimum Gasteiger partial charge on any atom is -0.329 e. The van der Waals surface area contributed by atoms with Crippen molar-refractivity contribution in [2.75, 3.05) is 18.4 Å². The van der Waals surface area contributed by atoms with Gasteiger partial charge in [-0.15, -0.1) is 11.3 Å². The van der Waals surface area contributed by atoms with E-state index in [1.165, 1.54) is 42.8 Å². The Hall–Kier alpha value is -2.71. The van der Waals surface area contributed by atoms with Crippen molar-refractivity contribution in [1.29, 1.82) is 0 Å². The molecular weight excluding hydrogens is 394 g/mol. The zero-order chi connectivity index (χ0) is 20.9. The molecule has 0 saturated carbocycles. The number of aryl methyl sites for hydroxylation is 2. The van der Waals surface area contributed by atoms with Crippen molar-refractivity contribution in [2.24, 2.45) is 0 Å². The van der Waals surface area contributed by atoms with Gasteiger partial charge in [0.1, 0.15) is 0 Å². The average Bonchev–Trinajstić information content (AvgIpc) is 3.51. The first-order valence-electron chi connectivity index (χ1n) is 10.5. The molecular formula is C22H29N7S. The van der Waals surface area contributed by atoms with Gasteiger partial charge < -0.3 is 9.72 Å². The summed E-state index contributed by atoms with van der Waals surface area (Å²) in [5, 5.41) is 11.0. The van der Waals surface area contributed by atoms with E-state index in [-0.39, 0.29) is 0 Å². The molecule has 1 aliphatic heterocycles. The molecule has 1 saturated heterocycles. The molecule has 7 nitrogen and oxygen atoms in total. The molecule has 1 atom stereocenters. The third-order valence-electron chi connectivity index (χ3n) is 5.35. The molecule has 0 amide bonds. The number of rotatable bonds is 4. The van der Waals surface area contributed by atoms with Crippen molar-refractivity contribution in [3.8, 4) is 0 Å². The van der Waals surface area contributed by atoms with Crippen LogP contribution in [0.5, 0.6) is 0 Å². The maximum Gasteiger partial charge on any atom is 0.180 e. The lowest BCUT2D eigenvalue weighted by Crippen LogP contribution is -2.31. The fraction of sp³-hybridized carbons (Fsp3) is 0.409. The second-order valence-electron chi connectivity index (χ2n) is 7.76. The summed E-state index contributed by atoms with van der Waals surface area (Å²) in [6, 6.07) is 4.89. The highest BCUT2D eigenvalue weighted by Crippen LogP contribution is 2.33. The molecule has 0 spiro atoms. The van der Waals surface area contributed by atoms with E-state index >= 15 is 0 Å². The van der Waals surface area contributed by atoms with E-state index in [2.05, 4.69) is 49.4 Å². The number of hydrogen-bond acceptors (Lipinski definition) is 6. The van der Waals surface area contributed by atoms with Gasteiger partial charge in [-0.3, -0.25) is 10.00 Å². The first-order chi connectivity index (χ1) is 14.6. The largest absolute Gasteiger partial charge is 0.329 e. The van der Waals surface area contributed by atoms with E-state index in [1.807, 2.05) is 48.2 Å². The lowest BCUT2D eigenvalue weighted by atomic mass is 10.1. The third-order valence-corrected chi connectivity index (χ3v) is 6.52. The molecule has 1 unspecified atom stereocenters. The second-order valence-corrected chi connectivity index (χ2v) is 8.88. The van der Waals surface area contributed by atoms with Crippen LogP contribution in [0.4, 0.5) is 10.8 Å². The van der Waals surface area contributed by atoms with Gasteiger partial charge in [0.05, 0.1) is 16.9 Å². The molecule has 158 valence electrons. The number of nitrogens with zero attached hydrogens (tertiary/aromatic N) is 5. The number of thiophene rings is 1. The van der Waals surface area contributed by atoms with Crippen LogP contribution in [-0.4, -0.2) is 42.6 Å². The highest BCUT2D eigenvalue weighted by Gasteiger charge is 2.19. The van der Waals surface area contributed by atoms with Crippen LogP contribution in [0.3, 0.4) is 0 Å². The van der Waals surface area contributed by atoms with Crippen LogP contribution in [0.15, 0.2) is 43.1 Å². The van der Waals surface area contributed by atoms with E-state index in [4.69, 9.17) is 0 Å². The molecule has 1 fully saturated rings. The SMILES string of the molecule is Cc1cn2ccnc2c(Nc2ccc(C(C)N3CCCCC3)s2)n1.Cc1cn[nH]c1. The minimum absolute atomic E-state index is 0.489. The van der Waals surface area contributed by atoms with Crippen LogP contribution in [-0.2, 0) is 0 Å². The highest BCUT2D eigenvalue weighted by molar-refractivity contribution is 7.16. The Morgan fingerprint density at radius 3 is 2.70 bits per heavy atom. The van der Waals surface area contributed by atoms with Crippen molar-refractivity contribution < 1.29 is 0 Å². The number of aromatic nitrogens is 5. The van der Waals surface area contributed by atoms with Crippen LogP contribution in [0, 0.1) is 13.8 Å². The van der Waals surface area contributed by atoms with Gasteiger partial charge in [0.15, 0.2) is 11.5 Å². The van der Waals surface area contributed by atoms with E-state index in [9.17, 15) is 0 Å². The molecule has 5 heterocycles. The predicted octanol–water partition coefficient (Wildman–Crippen LogP) is 5.11. The number of likely N-dealkylation sites (tertiary alicyclic amines) is 1. The zero-order valence-electron chi connectivity index (χ0n) is 17.8. The fourth-order valence-corrected chi connectivity index (χ4v) is 4.70. The van der Waals surface area contributed by atoms with Crippen molar-refractivity contribution in [3.63, 3.8) is 0 Å². The lowest BCUT2D eigenvalue weighted by Gasteiger charge is -2.31. The summed E-state index contributed by atoms with van der Waals surface area (Å²) in [5.41, 5.74) is 3.01. The molecule has 0 aliphatic carbocycles. The molecule has 0 radical (unpaired) electrons. The molecule has 2 N–H and O–H groups in total. The molecule has 4 aromatic heterocycles. The number of anilines is 2. The first kappa shape index (κ1) is 20.6. The molecule has 5 rings (SSSR count). The number of nitrogens with one attached hydrogen (secondary N) is 2. The van der Waals surface area contributed by atoms with E-state index in [0.29, 0.717) is 6.04 Å². The standard InChI is InChI=1S/C18H23N5S.C4H6N2/c1-13-12-23-11-8-19-18(23)17(20-13)21-16-7-6-15(24-16)14(2)22-9-4-3-5-10-22;1-4-2-5-6-3-4/h6-8,11-12,14H,3-5,9-10H2,1-2H3,(H,20,21);2-3H,1H3,(H,5,6). The smallest absolute Gasteiger partial charge is 0.180 e. The molecule has 8 heteroatoms. The molecule has 0 bridgehead atoms. The maximum atomic E-state index is 4.61. The predicted molar refractivity (Wildman–Crippen MR) is 122 cm³/mol. The number of imidazole rings is 1. The molecule has 0 aromatic carbocycles. The van der Waals surface area contributed by atoms with Crippen molar-refractivity contribution in [3.05, 3.63) is 59.3 Å². The van der Waals surface area contributed by atoms with Gasteiger partial charge in [0, 0.05) is 35.7 Å². The number of fused-ring (bicyclic) bond motifs is 1. The van der Waals surface area contributed by atoms with Gasteiger partial charge >= 0.3 is 0 Å². The van der Waals surface area contributed by atoms with Crippen LogP contribution < -0.4 is 5.32 Å². The van der Waals surface area contributed by atoms with E-state index < -0.39 is 0 Å². The van der Waals surface area contributed by atoms with Crippen LogP contribution in [0.2, 0.25) is 0 Å². The van der Waals surface area contributed by atoms with Gasteiger partial charge in [0.25, 0.3) is 0 Å². The van der Waals surface area contributed by atoms with Gasteiger partial charge in [-0.25, -0.2) is 9.97 Å². The third kappa shape index (κ3) is 4.88. The fourth-order valence-electron chi connectivity index (χ4n) is 3.70. The van der Waals surface area contributed by atoms with Gasteiger partial charge in [0.2, 0.25) is 0 Å². The maximum absolute atomic E-state index is 4.61. The average molecular weight is 424 g/mol. The van der Waals surface area contributed by atoms with Crippen molar-refractivity contribution >= 4 is 27.8 Å². The number of hydrogen-bond donors (Lipinski definition) is 2. The number of piperidine rings is 1. The Balaban J connectivity index is 0.000000313. The van der Waals surface area contributed by atoms with Gasteiger partial charge in [-0.1, -0.05) is 6.42 Å². The number of H-pyrrole nitrogens is 1. The van der Waals surface area contributed by atoms with Crippen LogP contribution in [0.25, 0.3) is 5.65 Å². The van der Waals surface area contributed by atoms with Crippen LogP contribution >= 0.6 is 11.3 Å². The van der Waals surface area contributed by atoms with E-state index in [1.54, 1.807) is 12.4 Å². The Labute approximate surface area is 181 Å². The lowest BCUT2D eigenvalue weighted by molar-refractivity contribution is 0.177. The van der Waals surface area contributed by atoms with E-state index in [0.717, 1.165) is 22.2 Å². The zero-order valence-corrected chi connectivity index (χ0v) is 18.6. The summed E-state index contributed by atoms with van der Waals surface area (Å²) in [5.74, 6) is 0.819. The quantitative estimate of drug-likeness (QED) is 0.477. The molecule has 4 aromatic rings. The summed E-state index contributed by atoms with van der Waals surface area (Å²) in [6.45, 7) is 8.75. The normalized spacial score (nSPS) is 15.6. The Kier molecular flexibility index (Phi) is 6.44. The number of aromatic amines is 1. The Morgan fingerprint density at radius 2 is 2.00 bits per heavy atom. The summed E-state index contributed by atoms with van der Waals surface area (Å²) < 4.78 is 2.01. The first-order valence-corrected chi connectivity index (χ1v) is 11.3. The van der Waals surface area contributed by atoms with Gasteiger partial charge in [-0.05, 0) is 64.4 Å². The Morgan fingerprint density at radius 1 is 1.17 bits per heavy atom. The monoisotopic (exact) mass is 423 g/mol. The second kappa shape index (κ2) is 9.40. The van der Waals surface area contributed by atoms with Crippen molar-refractivity contribution in [1.82, 2.24) is 29.5 Å². The molecule has 1 aliphatic rings. The summed E-state index contributed by atoms with van der Waals surface area (Å²) in [6.07, 6.45) is 13.4. The van der Waals surface area contributed by atoms with Crippen LogP contribution in [0.1, 0.15) is 48.4 Å². The Bertz CT molecular complexity index is 1060. The minimum atomic E-state index is 0.489. The summed E-state index contributed by atoms with van der Waals surface area (Å²) >= 11 is 1.82. The summed E-state index contributed by atoms with van der Waals surface area (Å²) in [4.78, 5) is 13.0. The summed E-state index contributed by atoms with van der Waals surface area (Å²) in [7, 11) is 0. The van der Waals surface area contributed by atoms with Gasteiger partial charge in [-0.2, -0.15) is 5.10 Å². The van der Waals surface area contributed by atoms with Crippen molar-refractivity contribution in [2.45, 2.75) is 46.1 Å². The topological polar surface area (TPSA) is 74.1 Å². The highest BCUT2D eigenvalue weighted by atomic mass is 32.1.